The van der Waals surface area contributed by atoms with Gasteiger partial charge < -0.3 is 9.64 Å². The number of rotatable bonds is 6. The minimum absolute atomic E-state index is 0.296. The molecule has 0 N–H and O–H groups in total. The van der Waals surface area contributed by atoms with E-state index in [0.717, 1.165) is 29.5 Å². The molecule has 2 aromatic heterocycles. The summed E-state index contributed by atoms with van der Waals surface area (Å²) < 4.78 is 6.50. The van der Waals surface area contributed by atoms with E-state index in [1.54, 1.807) is 6.33 Å². The molecule has 0 bridgehead atoms. The SMILES string of the molecule is CC[C@H](C)C[C@H]1CCc2sc3ncnc(OC4CCC(N(C)C)CC4)c3c21. The van der Waals surface area contributed by atoms with E-state index < -0.39 is 0 Å². The number of fused-ring (bicyclic) bond motifs is 3. The second kappa shape index (κ2) is 8.04. The second-order valence-corrected chi connectivity index (χ2v) is 9.88. The van der Waals surface area contributed by atoms with Crippen molar-refractivity contribution in [2.75, 3.05) is 14.1 Å². The van der Waals surface area contributed by atoms with Crippen molar-refractivity contribution < 1.29 is 4.74 Å². The fourth-order valence-corrected chi connectivity index (χ4v) is 6.09. The molecule has 2 aliphatic rings. The minimum atomic E-state index is 0.296. The Labute approximate surface area is 167 Å². The number of aryl methyl sites for hydroxylation is 1. The molecule has 148 valence electrons. The van der Waals surface area contributed by atoms with Gasteiger partial charge in [0.25, 0.3) is 0 Å². The summed E-state index contributed by atoms with van der Waals surface area (Å²) in [6.07, 6.45) is 11.7. The van der Waals surface area contributed by atoms with Crippen molar-refractivity contribution in [2.45, 2.75) is 83.3 Å². The molecule has 0 amide bonds. The Morgan fingerprint density at radius 2 is 1.96 bits per heavy atom. The van der Waals surface area contributed by atoms with E-state index in [1.807, 2.05) is 11.3 Å². The molecule has 2 atom stereocenters. The lowest BCUT2D eigenvalue weighted by Crippen LogP contribution is -2.35. The lowest BCUT2D eigenvalue weighted by Gasteiger charge is -2.32. The maximum atomic E-state index is 6.50. The zero-order valence-corrected chi connectivity index (χ0v) is 18.0. The zero-order chi connectivity index (χ0) is 19.0. The van der Waals surface area contributed by atoms with Gasteiger partial charge in [0.05, 0.1) is 5.39 Å². The largest absolute Gasteiger partial charge is 0.474 e. The van der Waals surface area contributed by atoms with Gasteiger partial charge in [-0.3, -0.25) is 0 Å². The number of hydrogen-bond acceptors (Lipinski definition) is 5. The third-order valence-electron chi connectivity index (χ3n) is 6.73. The highest BCUT2D eigenvalue weighted by Crippen LogP contribution is 2.48. The summed E-state index contributed by atoms with van der Waals surface area (Å²) in [5.41, 5.74) is 1.52. The number of hydrogen-bond donors (Lipinski definition) is 0. The van der Waals surface area contributed by atoms with Crippen LogP contribution in [0.15, 0.2) is 6.33 Å². The van der Waals surface area contributed by atoms with Crippen molar-refractivity contribution >= 4 is 21.6 Å². The van der Waals surface area contributed by atoms with Gasteiger partial charge in [-0.1, -0.05) is 20.3 Å². The predicted molar refractivity (Wildman–Crippen MR) is 113 cm³/mol. The van der Waals surface area contributed by atoms with Crippen molar-refractivity contribution in [1.82, 2.24) is 14.9 Å². The summed E-state index contributed by atoms with van der Waals surface area (Å²) in [6, 6.07) is 0.695. The average molecular weight is 388 g/mol. The van der Waals surface area contributed by atoms with Crippen LogP contribution >= 0.6 is 11.3 Å². The van der Waals surface area contributed by atoms with Crippen LogP contribution in [0.3, 0.4) is 0 Å². The van der Waals surface area contributed by atoms with Gasteiger partial charge in [0, 0.05) is 10.9 Å². The fourth-order valence-electron chi connectivity index (χ4n) is 4.86. The number of ether oxygens (including phenoxy) is 1. The summed E-state index contributed by atoms with van der Waals surface area (Å²) in [6.45, 7) is 4.68. The molecule has 1 saturated carbocycles. The maximum Gasteiger partial charge on any atom is 0.225 e. The minimum Gasteiger partial charge on any atom is -0.474 e. The molecule has 0 aliphatic heterocycles. The van der Waals surface area contributed by atoms with Crippen LogP contribution in [0.25, 0.3) is 10.2 Å². The van der Waals surface area contributed by atoms with Gasteiger partial charge in [0.1, 0.15) is 17.3 Å². The quantitative estimate of drug-likeness (QED) is 0.664. The van der Waals surface area contributed by atoms with E-state index >= 15 is 0 Å². The van der Waals surface area contributed by atoms with E-state index in [1.165, 1.54) is 54.4 Å². The molecular weight excluding hydrogens is 354 g/mol. The normalized spacial score (nSPS) is 26.5. The molecule has 27 heavy (non-hydrogen) atoms. The van der Waals surface area contributed by atoms with E-state index in [9.17, 15) is 0 Å². The Hall–Kier alpha value is -1.20. The number of aromatic nitrogens is 2. The molecule has 2 heterocycles. The first-order valence-electron chi connectivity index (χ1n) is 10.7. The number of nitrogens with zero attached hydrogens (tertiary/aromatic N) is 3. The highest BCUT2D eigenvalue weighted by atomic mass is 32.1. The Morgan fingerprint density at radius 1 is 1.19 bits per heavy atom. The van der Waals surface area contributed by atoms with E-state index in [-0.39, 0.29) is 0 Å². The van der Waals surface area contributed by atoms with Gasteiger partial charge in [-0.05, 0) is 76.4 Å². The van der Waals surface area contributed by atoms with E-state index in [0.29, 0.717) is 18.1 Å². The second-order valence-electron chi connectivity index (χ2n) is 8.79. The number of thiophene rings is 1. The van der Waals surface area contributed by atoms with Gasteiger partial charge in [-0.25, -0.2) is 9.97 Å². The lowest BCUT2D eigenvalue weighted by atomic mass is 9.89. The lowest BCUT2D eigenvalue weighted by molar-refractivity contribution is 0.108. The van der Waals surface area contributed by atoms with Crippen molar-refractivity contribution in [3.63, 3.8) is 0 Å². The first-order valence-corrected chi connectivity index (χ1v) is 11.5. The van der Waals surface area contributed by atoms with Crippen LogP contribution in [0.4, 0.5) is 0 Å². The predicted octanol–water partition coefficient (Wildman–Crippen LogP) is 5.41. The Kier molecular flexibility index (Phi) is 5.70. The first-order chi connectivity index (χ1) is 13.1. The average Bonchev–Trinajstić information content (AvgIpc) is 3.22. The van der Waals surface area contributed by atoms with Crippen LogP contribution in [-0.4, -0.2) is 41.1 Å². The Morgan fingerprint density at radius 3 is 2.67 bits per heavy atom. The molecule has 0 radical (unpaired) electrons. The summed E-state index contributed by atoms with van der Waals surface area (Å²) in [5.74, 6) is 2.27. The van der Waals surface area contributed by atoms with Gasteiger partial charge in [0.2, 0.25) is 5.88 Å². The molecule has 0 unspecified atom stereocenters. The van der Waals surface area contributed by atoms with Crippen LogP contribution in [0.5, 0.6) is 5.88 Å². The smallest absolute Gasteiger partial charge is 0.225 e. The summed E-state index contributed by atoms with van der Waals surface area (Å²) >= 11 is 1.87. The Bertz CT molecular complexity index is 779. The topological polar surface area (TPSA) is 38.3 Å². The van der Waals surface area contributed by atoms with Crippen LogP contribution in [0, 0.1) is 5.92 Å². The summed E-state index contributed by atoms with van der Waals surface area (Å²) in [4.78, 5) is 14.2. The molecule has 0 saturated heterocycles. The van der Waals surface area contributed by atoms with Crippen molar-refractivity contribution in [1.29, 1.82) is 0 Å². The monoisotopic (exact) mass is 387 g/mol. The van der Waals surface area contributed by atoms with Crippen LogP contribution in [-0.2, 0) is 6.42 Å². The zero-order valence-electron chi connectivity index (χ0n) is 17.2. The summed E-state index contributed by atoms with van der Waals surface area (Å²) in [5, 5.41) is 1.23. The van der Waals surface area contributed by atoms with Crippen LogP contribution < -0.4 is 4.74 Å². The molecule has 4 nitrogen and oxygen atoms in total. The van der Waals surface area contributed by atoms with Crippen molar-refractivity contribution in [2.24, 2.45) is 5.92 Å². The molecule has 2 aliphatic carbocycles. The molecule has 1 fully saturated rings. The van der Waals surface area contributed by atoms with Gasteiger partial charge in [-0.2, -0.15) is 0 Å². The van der Waals surface area contributed by atoms with Crippen LogP contribution in [0.1, 0.15) is 75.2 Å². The molecule has 4 rings (SSSR count). The maximum absolute atomic E-state index is 6.50. The molecule has 5 heteroatoms. The van der Waals surface area contributed by atoms with Crippen molar-refractivity contribution in [3.8, 4) is 5.88 Å². The molecule has 0 aromatic carbocycles. The van der Waals surface area contributed by atoms with Gasteiger partial charge >= 0.3 is 0 Å². The standard InChI is InChI=1S/C22H33N3OS/c1-5-14(2)12-15-6-11-18-19(15)20-21(23-13-24-22(20)27-18)26-17-9-7-16(8-10-17)25(3)4/h13-17H,5-12H2,1-4H3/t14-,15+,16?,17?/m0/s1. The fraction of sp³-hybridized carbons (Fsp3) is 0.727. The van der Waals surface area contributed by atoms with E-state index in [4.69, 9.17) is 4.74 Å². The van der Waals surface area contributed by atoms with Gasteiger partial charge in [-0.15, -0.1) is 11.3 Å². The van der Waals surface area contributed by atoms with Crippen molar-refractivity contribution in [3.05, 3.63) is 16.8 Å². The van der Waals surface area contributed by atoms with Crippen LogP contribution in [0.2, 0.25) is 0 Å². The van der Waals surface area contributed by atoms with E-state index in [2.05, 4.69) is 42.8 Å². The summed E-state index contributed by atoms with van der Waals surface area (Å²) in [7, 11) is 4.37. The molecule has 0 spiro atoms. The van der Waals surface area contributed by atoms with Gasteiger partial charge in [0.15, 0.2) is 0 Å². The molecule has 2 aromatic rings. The molecular formula is C22H33N3OS. The third-order valence-corrected chi connectivity index (χ3v) is 7.90. The Balaban J connectivity index is 1.57. The third kappa shape index (κ3) is 3.86. The highest BCUT2D eigenvalue weighted by Gasteiger charge is 2.32. The first kappa shape index (κ1) is 19.1. The highest BCUT2D eigenvalue weighted by molar-refractivity contribution is 7.19.